The average molecular weight is 373 g/mol. The van der Waals surface area contributed by atoms with Crippen molar-refractivity contribution >= 4 is 10.8 Å². The second-order valence-electron chi connectivity index (χ2n) is 7.34. The number of rotatable bonds is 13. The van der Waals surface area contributed by atoms with Crippen molar-refractivity contribution < 1.29 is 9.84 Å². The summed E-state index contributed by atoms with van der Waals surface area (Å²) in [5, 5.41) is 14.6. The fourth-order valence-corrected chi connectivity index (χ4v) is 3.29. The number of aliphatic hydroxyl groups excluding tert-OH is 1. The number of fused-ring (bicyclic) bond motifs is 1. The second-order valence-corrected chi connectivity index (χ2v) is 7.34. The van der Waals surface area contributed by atoms with E-state index in [4.69, 9.17) is 10.5 Å². The van der Waals surface area contributed by atoms with Crippen molar-refractivity contribution in [2.75, 3.05) is 19.8 Å². The van der Waals surface area contributed by atoms with Crippen molar-refractivity contribution in [3.63, 3.8) is 0 Å². The molecular formula is C22H32N2O3. The molecule has 0 aliphatic heterocycles. The average Bonchev–Trinajstić information content (AvgIpc) is 2.70. The lowest BCUT2D eigenvalue weighted by molar-refractivity contribution is 0.192. The lowest BCUT2D eigenvalue weighted by Crippen LogP contribution is -2.47. The van der Waals surface area contributed by atoms with Gasteiger partial charge in [-0.15, -0.1) is 0 Å². The molecule has 0 saturated carbocycles. The summed E-state index contributed by atoms with van der Waals surface area (Å²) in [6.07, 6.45) is 7.24. The van der Waals surface area contributed by atoms with Gasteiger partial charge in [0.1, 0.15) is 12.3 Å². The molecule has 0 aliphatic rings. The van der Waals surface area contributed by atoms with Crippen LogP contribution in [0.15, 0.2) is 41.6 Å². The Balaban J connectivity index is 2.06. The monoisotopic (exact) mass is 372 g/mol. The van der Waals surface area contributed by atoms with Gasteiger partial charge in [-0.05, 0) is 36.3 Å². The molecule has 0 fully saturated rings. The van der Waals surface area contributed by atoms with Crippen molar-refractivity contribution in [1.82, 2.24) is 0 Å². The van der Waals surface area contributed by atoms with Gasteiger partial charge in [-0.1, -0.05) is 68.1 Å². The smallest absolute Gasteiger partial charge is 0.127 e. The topological polar surface area (TPSA) is 84.9 Å². The predicted molar refractivity (Wildman–Crippen MR) is 111 cm³/mol. The molecule has 0 bridgehead atoms. The van der Waals surface area contributed by atoms with E-state index in [1.54, 1.807) is 0 Å². The molecule has 1 atom stereocenters. The van der Waals surface area contributed by atoms with Crippen LogP contribution < -0.4 is 10.5 Å². The van der Waals surface area contributed by atoms with Crippen LogP contribution in [-0.2, 0) is 6.42 Å². The minimum atomic E-state index is -0.962. The molecule has 0 saturated heterocycles. The van der Waals surface area contributed by atoms with Crippen molar-refractivity contribution in [3.05, 3.63) is 46.9 Å². The summed E-state index contributed by atoms with van der Waals surface area (Å²) in [5.41, 5.74) is 6.25. The summed E-state index contributed by atoms with van der Waals surface area (Å²) in [6, 6.07) is 12.2. The standard InChI is InChI=1S/C22H32N2O3/c1-2-3-4-5-8-15-27-21-12-11-18(19-9-6-7-10-20(19)21)13-14-22(23,17-25)16-24-26/h6-7,9-12,25H,2-5,8,13-17,23H2,1H3. The summed E-state index contributed by atoms with van der Waals surface area (Å²) >= 11 is 0. The first-order chi connectivity index (χ1) is 13.1. The van der Waals surface area contributed by atoms with Crippen molar-refractivity contribution in [2.24, 2.45) is 10.9 Å². The van der Waals surface area contributed by atoms with Crippen molar-refractivity contribution in [1.29, 1.82) is 0 Å². The van der Waals surface area contributed by atoms with E-state index in [9.17, 15) is 10.0 Å². The number of nitrogens with zero attached hydrogens (tertiary/aromatic N) is 1. The molecule has 2 rings (SSSR count). The lowest BCUT2D eigenvalue weighted by atomic mass is 9.91. The van der Waals surface area contributed by atoms with Gasteiger partial charge in [0, 0.05) is 5.39 Å². The van der Waals surface area contributed by atoms with Crippen molar-refractivity contribution in [3.8, 4) is 5.75 Å². The number of unbranched alkanes of at least 4 members (excludes halogenated alkanes) is 4. The van der Waals surface area contributed by atoms with E-state index in [-0.39, 0.29) is 13.2 Å². The molecule has 0 amide bonds. The Kier molecular flexibility index (Phi) is 8.69. The Morgan fingerprint density at radius 2 is 1.81 bits per heavy atom. The molecule has 0 aromatic heterocycles. The number of nitroso groups, excluding NO2 is 1. The number of hydrogen-bond acceptors (Lipinski definition) is 5. The van der Waals surface area contributed by atoms with Crippen LogP contribution in [0, 0.1) is 4.91 Å². The van der Waals surface area contributed by atoms with Gasteiger partial charge in [-0.25, -0.2) is 0 Å². The van der Waals surface area contributed by atoms with Gasteiger partial charge in [0.2, 0.25) is 0 Å². The summed E-state index contributed by atoms with van der Waals surface area (Å²) in [6.45, 7) is 2.61. The Hall–Kier alpha value is -1.98. The van der Waals surface area contributed by atoms with Gasteiger partial charge < -0.3 is 15.6 Å². The van der Waals surface area contributed by atoms with Crippen LogP contribution in [0.25, 0.3) is 10.8 Å². The van der Waals surface area contributed by atoms with Crippen LogP contribution >= 0.6 is 0 Å². The molecule has 2 aromatic rings. The third-order valence-electron chi connectivity index (χ3n) is 5.07. The van der Waals surface area contributed by atoms with Crippen molar-refractivity contribution in [2.45, 2.75) is 57.4 Å². The highest BCUT2D eigenvalue weighted by Gasteiger charge is 2.24. The fraction of sp³-hybridized carbons (Fsp3) is 0.545. The van der Waals surface area contributed by atoms with E-state index in [0.29, 0.717) is 12.8 Å². The first kappa shape index (κ1) is 21.3. The highest BCUT2D eigenvalue weighted by Crippen LogP contribution is 2.30. The number of aryl methyl sites for hydroxylation is 1. The van der Waals surface area contributed by atoms with E-state index < -0.39 is 5.54 Å². The molecule has 1 unspecified atom stereocenters. The maximum Gasteiger partial charge on any atom is 0.127 e. The zero-order valence-electron chi connectivity index (χ0n) is 16.3. The first-order valence-electron chi connectivity index (χ1n) is 9.96. The number of ether oxygens (including phenoxy) is 1. The third kappa shape index (κ3) is 6.29. The van der Waals surface area contributed by atoms with Crippen LogP contribution in [0.2, 0.25) is 0 Å². The highest BCUT2D eigenvalue weighted by atomic mass is 16.5. The van der Waals surface area contributed by atoms with Gasteiger partial charge in [-0.2, -0.15) is 4.91 Å². The van der Waals surface area contributed by atoms with Crippen LogP contribution in [0.4, 0.5) is 0 Å². The quantitative estimate of drug-likeness (QED) is 0.398. The first-order valence-corrected chi connectivity index (χ1v) is 9.96. The van der Waals surface area contributed by atoms with Gasteiger partial charge >= 0.3 is 0 Å². The van der Waals surface area contributed by atoms with Crippen LogP contribution in [0.1, 0.15) is 51.0 Å². The number of nitrogens with two attached hydrogens (primary N) is 1. The zero-order valence-corrected chi connectivity index (χ0v) is 16.3. The van der Waals surface area contributed by atoms with Crippen LogP contribution in [-0.4, -0.2) is 30.4 Å². The van der Waals surface area contributed by atoms with E-state index in [2.05, 4.69) is 30.3 Å². The minimum absolute atomic E-state index is 0.0827. The van der Waals surface area contributed by atoms with Crippen LogP contribution in [0.3, 0.4) is 0 Å². The lowest BCUT2D eigenvalue weighted by Gasteiger charge is -2.24. The maximum absolute atomic E-state index is 10.6. The molecule has 0 spiro atoms. The third-order valence-corrected chi connectivity index (χ3v) is 5.07. The highest BCUT2D eigenvalue weighted by molar-refractivity contribution is 5.91. The van der Waals surface area contributed by atoms with E-state index in [0.717, 1.165) is 35.1 Å². The molecule has 148 valence electrons. The predicted octanol–water partition coefficient (Wildman–Crippen LogP) is 4.58. The Labute approximate surface area is 161 Å². The molecule has 0 aliphatic carbocycles. The number of benzene rings is 2. The maximum atomic E-state index is 10.6. The number of hydrogen-bond donors (Lipinski definition) is 2. The molecular weight excluding hydrogens is 340 g/mol. The second kappa shape index (κ2) is 11.0. The van der Waals surface area contributed by atoms with Crippen LogP contribution in [0.5, 0.6) is 5.75 Å². The minimum Gasteiger partial charge on any atom is -0.493 e. The summed E-state index contributed by atoms with van der Waals surface area (Å²) in [5.74, 6) is 0.903. The van der Waals surface area contributed by atoms with E-state index in [1.807, 2.05) is 18.2 Å². The van der Waals surface area contributed by atoms with E-state index in [1.165, 1.54) is 25.7 Å². The van der Waals surface area contributed by atoms with Gasteiger partial charge in [-0.3, -0.25) is 0 Å². The Morgan fingerprint density at radius 3 is 2.52 bits per heavy atom. The molecule has 5 heteroatoms. The number of aliphatic hydroxyl groups is 1. The normalized spacial score (nSPS) is 13.4. The zero-order chi connectivity index (χ0) is 19.5. The molecule has 5 nitrogen and oxygen atoms in total. The fourth-order valence-electron chi connectivity index (χ4n) is 3.29. The largest absolute Gasteiger partial charge is 0.493 e. The van der Waals surface area contributed by atoms with Gasteiger partial charge in [0.05, 0.1) is 18.8 Å². The summed E-state index contributed by atoms with van der Waals surface area (Å²) < 4.78 is 6.04. The summed E-state index contributed by atoms with van der Waals surface area (Å²) in [7, 11) is 0. The summed E-state index contributed by atoms with van der Waals surface area (Å²) in [4.78, 5) is 10.6. The molecule has 27 heavy (non-hydrogen) atoms. The van der Waals surface area contributed by atoms with Gasteiger partial charge in [0.25, 0.3) is 0 Å². The Morgan fingerprint density at radius 1 is 1.07 bits per heavy atom. The molecule has 0 heterocycles. The molecule has 0 radical (unpaired) electrons. The molecule has 3 N–H and O–H groups in total. The van der Waals surface area contributed by atoms with E-state index >= 15 is 0 Å². The Bertz CT molecular complexity index is 720. The van der Waals surface area contributed by atoms with Gasteiger partial charge in [0.15, 0.2) is 0 Å². The SMILES string of the molecule is CCCCCCCOc1ccc(CCC(N)(CO)CN=O)c2ccccc12. The molecule has 2 aromatic carbocycles.